The molecule has 0 N–H and O–H groups in total. The lowest BCUT2D eigenvalue weighted by Crippen LogP contribution is -2.35. The molecule has 0 bridgehead atoms. The van der Waals surface area contributed by atoms with Gasteiger partial charge < -0.3 is 18.9 Å². The van der Waals surface area contributed by atoms with E-state index in [1.165, 1.54) is 38.5 Å². The average molecular weight is 304 g/mol. The zero-order chi connectivity index (χ0) is 16.0. The molecule has 0 aromatic heterocycles. The first kappa shape index (κ1) is 20.8. The van der Waals surface area contributed by atoms with Gasteiger partial charge in [-0.15, -0.1) is 0 Å². The van der Waals surface area contributed by atoms with Crippen LogP contribution in [0, 0.1) is 0 Å². The van der Waals surface area contributed by atoms with Gasteiger partial charge in [0.05, 0.1) is 6.10 Å². The van der Waals surface area contributed by atoms with Crippen LogP contribution in [0.15, 0.2) is 0 Å². The molecular weight excluding hydrogens is 268 g/mol. The van der Waals surface area contributed by atoms with Gasteiger partial charge in [0.1, 0.15) is 0 Å². The summed E-state index contributed by atoms with van der Waals surface area (Å²) in [5.74, 6) is -0.855. The van der Waals surface area contributed by atoms with Crippen LogP contribution in [0.5, 0.6) is 0 Å². The molecule has 0 amide bonds. The summed E-state index contributed by atoms with van der Waals surface area (Å²) in [4.78, 5) is 0. The third kappa shape index (κ3) is 9.46. The van der Waals surface area contributed by atoms with Crippen LogP contribution < -0.4 is 0 Å². The molecule has 0 aliphatic rings. The predicted molar refractivity (Wildman–Crippen MR) is 86.4 cm³/mol. The first-order chi connectivity index (χ1) is 10.2. The topological polar surface area (TPSA) is 36.9 Å². The quantitative estimate of drug-likeness (QED) is 0.329. The molecular formula is C17H36O4. The fraction of sp³-hybridized carbons (Fsp3) is 1.00. The molecule has 1 atom stereocenters. The van der Waals surface area contributed by atoms with Crippen molar-refractivity contribution in [1.29, 1.82) is 0 Å². The van der Waals surface area contributed by atoms with Gasteiger partial charge in [-0.05, 0) is 26.2 Å². The monoisotopic (exact) mass is 304 g/mol. The molecule has 0 radical (unpaired) electrons. The highest BCUT2D eigenvalue weighted by Gasteiger charge is 2.28. The third-order valence-electron chi connectivity index (χ3n) is 4.05. The molecule has 0 spiro atoms. The van der Waals surface area contributed by atoms with Gasteiger partial charge in [0, 0.05) is 34.4 Å². The van der Waals surface area contributed by atoms with Gasteiger partial charge in [-0.2, -0.15) is 0 Å². The van der Waals surface area contributed by atoms with Crippen LogP contribution in [-0.4, -0.2) is 40.0 Å². The van der Waals surface area contributed by atoms with E-state index in [0.29, 0.717) is 6.10 Å². The molecule has 128 valence electrons. The molecule has 1 unspecified atom stereocenters. The van der Waals surface area contributed by atoms with Crippen molar-refractivity contribution in [2.24, 2.45) is 0 Å². The largest absolute Gasteiger partial charge is 0.379 e. The Morgan fingerprint density at radius 3 is 1.76 bits per heavy atom. The molecule has 0 aliphatic carbocycles. The smallest absolute Gasteiger partial charge is 0.282 e. The van der Waals surface area contributed by atoms with E-state index >= 15 is 0 Å². The van der Waals surface area contributed by atoms with Crippen molar-refractivity contribution >= 4 is 0 Å². The van der Waals surface area contributed by atoms with Crippen molar-refractivity contribution in [2.45, 2.75) is 83.7 Å². The molecule has 0 rings (SSSR count). The van der Waals surface area contributed by atoms with Gasteiger partial charge in [-0.3, -0.25) is 0 Å². The Labute approximate surface area is 131 Å². The van der Waals surface area contributed by atoms with E-state index in [-0.39, 0.29) is 0 Å². The lowest BCUT2D eigenvalue weighted by atomic mass is 10.0. The Bertz CT molecular complexity index is 209. The maximum Gasteiger partial charge on any atom is 0.282 e. The zero-order valence-corrected chi connectivity index (χ0v) is 14.8. The fourth-order valence-corrected chi connectivity index (χ4v) is 2.62. The van der Waals surface area contributed by atoms with Crippen LogP contribution in [-0.2, 0) is 18.9 Å². The van der Waals surface area contributed by atoms with Gasteiger partial charge >= 0.3 is 0 Å². The number of rotatable bonds is 15. The van der Waals surface area contributed by atoms with Crippen LogP contribution in [0.3, 0.4) is 0 Å². The maximum atomic E-state index is 5.67. The number of ether oxygens (including phenoxy) is 4. The van der Waals surface area contributed by atoms with Gasteiger partial charge in [0.15, 0.2) is 0 Å². The van der Waals surface area contributed by atoms with Crippen molar-refractivity contribution in [2.75, 3.05) is 27.9 Å². The second-order valence-corrected chi connectivity index (χ2v) is 5.44. The maximum absolute atomic E-state index is 5.67. The van der Waals surface area contributed by atoms with Crippen molar-refractivity contribution in [1.82, 2.24) is 0 Å². The summed E-state index contributed by atoms with van der Waals surface area (Å²) in [6, 6.07) is 0. The first-order valence-corrected chi connectivity index (χ1v) is 8.45. The van der Waals surface area contributed by atoms with Crippen molar-refractivity contribution in [3.05, 3.63) is 0 Å². The van der Waals surface area contributed by atoms with E-state index in [9.17, 15) is 0 Å². The Hall–Kier alpha value is -0.160. The highest BCUT2D eigenvalue weighted by atomic mass is 16.9. The van der Waals surface area contributed by atoms with Gasteiger partial charge in [-0.25, -0.2) is 0 Å². The summed E-state index contributed by atoms with van der Waals surface area (Å²) in [5.41, 5.74) is 0. The van der Waals surface area contributed by atoms with E-state index in [2.05, 4.69) is 13.8 Å². The molecule has 21 heavy (non-hydrogen) atoms. The molecule has 0 saturated heterocycles. The summed E-state index contributed by atoms with van der Waals surface area (Å²) in [7, 11) is 4.86. The molecule has 0 aromatic rings. The second-order valence-electron chi connectivity index (χ2n) is 5.44. The van der Waals surface area contributed by atoms with Crippen molar-refractivity contribution < 1.29 is 18.9 Å². The molecule has 0 fully saturated rings. The van der Waals surface area contributed by atoms with Crippen LogP contribution in [0.4, 0.5) is 0 Å². The lowest BCUT2D eigenvalue weighted by molar-refractivity contribution is -0.355. The summed E-state index contributed by atoms with van der Waals surface area (Å²) < 4.78 is 21.5. The zero-order valence-electron chi connectivity index (χ0n) is 14.8. The predicted octanol–water partition coefficient (Wildman–Crippen LogP) is 4.52. The molecule has 4 nitrogen and oxygen atoms in total. The Balaban J connectivity index is 3.52. The van der Waals surface area contributed by atoms with E-state index in [1.807, 2.05) is 0 Å². The second kappa shape index (κ2) is 13.5. The standard InChI is InChI=1S/C17H36O4/c1-6-16(21-7-2)14-12-10-8-9-11-13-15-17(18-3,19-4)20-5/h16H,6-15H2,1-5H3. The molecule has 0 aromatic carbocycles. The van der Waals surface area contributed by atoms with Crippen LogP contribution in [0.2, 0.25) is 0 Å². The highest BCUT2D eigenvalue weighted by molar-refractivity contribution is 4.58. The Morgan fingerprint density at radius 2 is 1.29 bits per heavy atom. The number of unbranched alkanes of at least 4 members (excludes halogenated alkanes) is 5. The minimum Gasteiger partial charge on any atom is -0.379 e. The minimum absolute atomic E-state index is 0.459. The number of methoxy groups -OCH3 is 3. The molecule has 4 heteroatoms. The summed E-state index contributed by atoms with van der Waals surface area (Å²) in [6.45, 7) is 5.11. The number of hydrogen-bond donors (Lipinski definition) is 0. The van der Waals surface area contributed by atoms with Crippen molar-refractivity contribution in [3.8, 4) is 0 Å². The number of hydrogen-bond acceptors (Lipinski definition) is 4. The first-order valence-electron chi connectivity index (χ1n) is 8.45. The summed E-state index contributed by atoms with van der Waals surface area (Å²) in [6.07, 6.45) is 10.9. The van der Waals surface area contributed by atoms with E-state index in [1.54, 1.807) is 21.3 Å². The SMILES string of the molecule is CCOC(CC)CCCCCCCCC(OC)(OC)OC. The van der Waals surface area contributed by atoms with Crippen LogP contribution in [0.25, 0.3) is 0 Å². The molecule has 0 aliphatic heterocycles. The van der Waals surface area contributed by atoms with Crippen LogP contribution >= 0.6 is 0 Å². The Kier molecular flexibility index (Phi) is 13.4. The average Bonchev–Trinajstić information content (AvgIpc) is 2.53. The van der Waals surface area contributed by atoms with E-state index in [0.717, 1.165) is 25.9 Å². The van der Waals surface area contributed by atoms with Gasteiger partial charge in [0.25, 0.3) is 5.97 Å². The Morgan fingerprint density at radius 1 is 0.762 bits per heavy atom. The normalized spacial score (nSPS) is 13.6. The van der Waals surface area contributed by atoms with Gasteiger partial charge in [-0.1, -0.05) is 39.0 Å². The molecule has 0 heterocycles. The van der Waals surface area contributed by atoms with E-state index in [4.69, 9.17) is 18.9 Å². The van der Waals surface area contributed by atoms with Crippen LogP contribution in [0.1, 0.15) is 71.6 Å². The summed E-state index contributed by atoms with van der Waals surface area (Å²) in [5, 5.41) is 0. The fourth-order valence-electron chi connectivity index (χ4n) is 2.62. The third-order valence-corrected chi connectivity index (χ3v) is 4.05. The van der Waals surface area contributed by atoms with Crippen molar-refractivity contribution in [3.63, 3.8) is 0 Å². The lowest BCUT2D eigenvalue weighted by Gasteiger charge is -2.28. The summed E-state index contributed by atoms with van der Waals surface area (Å²) >= 11 is 0. The van der Waals surface area contributed by atoms with Gasteiger partial charge in [0.2, 0.25) is 0 Å². The van der Waals surface area contributed by atoms with E-state index < -0.39 is 5.97 Å². The molecule has 0 saturated carbocycles. The highest BCUT2D eigenvalue weighted by Crippen LogP contribution is 2.21. The minimum atomic E-state index is -0.855.